The third-order valence-electron chi connectivity index (χ3n) is 4.35. The molecule has 1 atom stereocenters. The monoisotopic (exact) mass is 266 g/mol. The maximum Gasteiger partial charge on any atom is 0.127 e. The lowest BCUT2D eigenvalue weighted by atomic mass is 9.92. The van der Waals surface area contributed by atoms with E-state index in [9.17, 15) is 0 Å². The number of allylic oxidation sites excluding steroid dienone is 2. The zero-order chi connectivity index (χ0) is 11.2. The summed E-state index contributed by atoms with van der Waals surface area (Å²) in [7, 11) is 0. The zero-order valence-electron chi connectivity index (χ0n) is 10.4. The molecule has 1 N–H and O–H groups in total. The lowest BCUT2D eigenvalue weighted by Gasteiger charge is -2.32. The van der Waals surface area contributed by atoms with Crippen LogP contribution >= 0.6 is 12.4 Å². The molecule has 0 amide bonds. The largest absolute Gasteiger partial charge is 0.467 e. The van der Waals surface area contributed by atoms with E-state index in [-0.39, 0.29) is 12.4 Å². The second-order valence-electron chi connectivity index (χ2n) is 5.25. The number of hydrogen-bond acceptors (Lipinski definition) is 3. The molecule has 3 heterocycles. The van der Waals surface area contributed by atoms with Gasteiger partial charge in [-0.2, -0.15) is 0 Å². The molecule has 98 valence electrons. The highest BCUT2D eigenvalue weighted by atomic mass is 35.5. The number of hydrogen-bond donors (Lipinski definition) is 1. The van der Waals surface area contributed by atoms with Crippen LogP contribution in [0, 0.1) is 0 Å². The molecule has 1 fully saturated rings. The Morgan fingerprint density at radius 1 is 1.33 bits per heavy atom. The fraction of sp³-hybridized carbons (Fsp3) is 0.571. The first kappa shape index (κ1) is 12.1. The van der Waals surface area contributed by atoms with Gasteiger partial charge in [-0.15, -0.1) is 12.4 Å². The van der Waals surface area contributed by atoms with Crippen molar-refractivity contribution in [3.05, 3.63) is 34.9 Å². The van der Waals surface area contributed by atoms with Gasteiger partial charge in [0.2, 0.25) is 0 Å². The first-order valence-electron chi connectivity index (χ1n) is 6.69. The summed E-state index contributed by atoms with van der Waals surface area (Å²) in [5.74, 6) is 1.21. The highest BCUT2D eigenvalue weighted by Crippen LogP contribution is 2.44. The summed E-state index contributed by atoms with van der Waals surface area (Å²) in [6.07, 6.45) is 8.86. The Morgan fingerprint density at radius 2 is 2.28 bits per heavy atom. The van der Waals surface area contributed by atoms with Crippen molar-refractivity contribution in [2.45, 2.75) is 31.7 Å². The third kappa shape index (κ3) is 1.61. The minimum absolute atomic E-state index is 0. The highest BCUT2D eigenvalue weighted by molar-refractivity contribution is 5.85. The summed E-state index contributed by atoms with van der Waals surface area (Å²) in [6, 6.07) is 0.640. The quantitative estimate of drug-likeness (QED) is 0.728. The van der Waals surface area contributed by atoms with Crippen molar-refractivity contribution in [3.63, 3.8) is 0 Å². The van der Waals surface area contributed by atoms with Gasteiger partial charge in [0.1, 0.15) is 5.76 Å². The van der Waals surface area contributed by atoms with Crippen LogP contribution in [0.1, 0.15) is 25.7 Å². The highest BCUT2D eigenvalue weighted by Gasteiger charge is 2.40. The zero-order valence-corrected chi connectivity index (χ0v) is 11.3. The van der Waals surface area contributed by atoms with Crippen LogP contribution in [0.5, 0.6) is 0 Å². The molecule has 1 saturated heterocycles. The van der Waals surface area contributed by atoms with Crippen molar-refractivity contribution in [1.29, 1.82) is 0 Å². The van der Waals surface area contributed by atoms with Crippen molar-refractivity contribution in [2.75, 3.05) is 19.6 Å². The molecule has 4 aliphatic rings. The topological polar surface area (TPSA) is 24.5 Å². The third-order valence-corrected chi connectivity index (χ3v) is 4.35. The molecule has 0 saturated carbocycles. The van der Waals surface area contributed by atoms with Gasteiger partial charge in [-0.3, -0.25) is 0 Å². The second kappa shape index (κ2) is 4.63. The molecule has 3 aliphatic heterocycles. The van der Waals surface area contributed by atoms with E-state index in [2.05, 4.69) is 16.3 Å². The number of nitrogens with zero attached hydrogens (tertiary/aromatic N) is 1. The number of fused-ring (bicyclic) bond motifs is 2. The van der Waals surface area contributed by atoms with E-state index in [1.807, 2.05) is 6.26 Å². The SMILES string of the molecule is C1=COC2=C3C(=C4CNCCC4N3C1)CCC2.Cl. The van der Waals surface area contributed by atoms with Gasteiger partial charge in [-0.25, -0.2) is 0 Å². The van der Waals surface area contributed by atoms with Gasteiger partial charge in [-0.1, -0.05) is 0 Å². The van der Waals surface area contributed by atoms with Crippen molar-refractivity contribution in [2.24, 2.45) is 0 Å². The fourth-order valence-electron chi connectivity index (χ4n) is 3.66. The van der Waals surface area contributed by atoms with Gasteiger partial charge in [0.05, 0.1) is 18.0 Å². The Labute approximate surface area is 114 Å². The molecule has 0 radical (unpaired) electrons. The molecule has 0 spiro atoms. The van der Waals surface area contributed by atoms with Crippen molar-refractivity contribution < 1.29 is 4.74 Å². The van der Waals surface area contributed by atoms with Crippen LogP contribution in [0.2, 0.25) is 0 Å². The van der Waals surface area contributed by atoms with E-state index in [1.54, 1.807) is 11.1 Å². The molecule has 3 nitrogen and oxygen atoms in total. The summed E-state index contributed by atoms with van der Waals surface area (Å²) < 4.78 is 5.80. The predicted molar refractivity (Wildman–Crippen MR) is 73.4 cm³/mol. The lowest BCUT2D eigenvalue weighted by molar-refractivity contribution is 0.275. The number of rotatable bonds is 0. The van der Waals surface area contributed by atoms with Gasteiger partial charge >= 0.3 is 0 Å². The van der Waals surface area contributed by atoms with Gasteiger partial charge in [0.25, 0.3) is 0 Å². The van der Waals surface area contributed by atoms with Crippen molar-refractivity contribution in [3.8, 4) is 0 Å². The molecule has 4 heteroatoms. The Kier molecular flexibility index (Phi) is 3.12. The van der Waals surface area contributed by atoms with Crippen LogP contribution in [0.15, 0.2) is 34.9 Å². The summed E-state index contributed by atoms with van der Waals surface area (Å²) in [4.78, 5) is 2.57. The minimum Gasteiger partial charge on any atom is -0.467 e. The Morgan fingerprint density at radius 3 is 3.22 bits per heavy atom. The van der Waals surface area contributed by atoms with Crippen LogP contribution in [0.4, 0.5) is 0 Å². The van der Waals surface area contributed by atoms with Crippen LogP contribution in [0.3, 0.4) is 0 Å². The number of piperidine rings is 1. The Balaban J connectivity index is 0.000001000. The van der Waals surface area contributed by atoms with E-state index < -0.39 is 0 Å². The van der Waals surface area contributed by atoms with E-state index in [0.717, 1.165) is 26.1 Å². The average Bonchev–Trinajstić information content (AvgIpc) is 2.56. The molecular formula is C14H19ClN2O. The summed E-state index contributed by atoms with van der Waals surface area (Å²) >= 11 is 0. The van der Waals surface area contributed by atoms with E-state index in [1.165, 1.54) is 30.7 Å². The van der Waals surface area contributed by atoms with Crippen LogP contribution < -0.4 is 5.32 Å². The maximum atomic E-state index is 5.80. The molecule has 0 aromatic heterocycles. The molecule has 0 aromatic rings. The van der Waals surface area contributed by atoms with Gasteiger partial charge in [0.15, 0.2) is 0 Å². The van der Waals surface area contributed by atoms with E-state index in [0.29, 0.717) is 6.04 Å². The van der Waals surface area contributed by atoms with E-state index in [4.69, 9.17) is 4.74 Å². The van der Waals surface area contributed by atoms with Gasteiger partial charge < -0.3 is 15.0 Å². The number of ether oxygens (including phenoxy) is 1. The minimum atomic E-state index is 0. The lowest BCUT2D eigenvalue weighted by Crippen LogP contribution is -2.40. The van der Waals surface area contributed by atoms with Crippen molar-refractivity contribution in [1.82, 2.24) is 10.2 Å². The van der Waals surface area contributed by atoms with Crippen LogP contribution in [0.25, 0.3) is 0 Å². The van der Waals surface area contributed by atoms with E-state index >= 15 is 0 Å². The molecule has 0 bridgehead atoms. The smallest absolute Gasteiger partial charge is 0.127 e. The normalized spacial score (nSPS) is 29.3. The number of halogens is 1. The molecule has 1 aliphatic carbocycles. The second-order valence-corrected chi connectivity index (χ2v) is 5.25. The molecule has 4 rings (SSSR count). The summed E-state index contributed by atoms with van der Waals surface area (Å²) in [6.45, 7) is 3.23. The van der Waals surface area contributed by atoms with Gasteiger partial charge in [0, 0.05) is 19.5 Å². The molecular weight excluding hydrogens is 248 g/mol. The van der Waals surface area contributed by atoms with Crippen LogP contribution in [-0.2, 0) is 4.74 Å². The van der Waals surface area contributed by atoms with Gasteiger partial charge in [-0.05, 0) is 43.0 Å². The fourth-order valence-corrected chi connectivity index (χ4v) is 3.66. The average molecular weight is 267 g/mol. The Bertz CT molecular complexity index is 453. The first-order valence-corrected chi connectivity index (χ1v) is 6.69. The molecule has 0 aromatic carbocycles. The number of nitrogens with one attached hydrogen (secondary N) is 1. The molecule has 1 unspecified atom stereocenters. The maximum absolute atomic E-state index is 5.80. The Hall–Kier alpha value is -0.930. The summed E-state index contributed by atoms with van der Waals surface area (Å²) in [5, 5.41) is 3.52. The summed E-state index contributed by atoms with van der Waals surface area (Å²) in [5.41, 5.74) is 4.67. The predicted octanol–water partition coefficient (Wildman–Crippen LogP) is 2.32. The standard InChI is InChI=1S/C14H18N2O.ClH/c1-3-10-11-9-15-6-5-12(11)16-7-2-8-17-13(4-1)14(10)16;/h2,8,12,15H,1,3-7,9H2;1H. The molecule has 18 heavy (non-hydrogen) atoms. The van der Waals surface area contributed by atoms with Crippen molar-refractivity contribution >= 4 is 12.4 Å². The first-order chi connectivity index (χ1) is 8.45. The van der Waals surface area contributed by atoms with Crippen LogP contribution in [-0.4, -0.2) is 30.6 Å².